The van der Waals surface area contributed by atoms with Crippen LogP contribution in [0.5, 0.6) is 11.6 Å². The molecule has 5 heteroatoms. The van der Waals surface area contributed by atoms with Gasteiger partial charge >= 0.3 is 0 Å². The van der Waals surface area contributed by atoms with Crippen LogP contribution in [-0.2, 0) is 0 Å². The van der Waals surface area contributed by atoms with Gasteiger partial charge in [-0.2, -0.15) is 4.98 Å². The van der Waals surface area contributed by atoms with Crippen molar-refractivity contribution < 1.29 is 4.74 Å². The van der Waals surface area contributed by atoms with Crippen LogP contribution in [0, 0.1) is 0 Å². The molecule has 0 aliphatic rings. The van der Waals surface area contributed by atoms with E-state index in [0.717, 1.165) is 15.8 Å². The molecule has 0 aliphatic heterocycles. The molecule has 3 nitrogen and oxygen atoms in total. The van der Waals surface area contributed by atoms with Crippen molar-refractivity contribution in [1.82, 2.24) is 9.97 Å². The molecule has 1 aromatic carbocycles. The molecule has 1 aromatic heterocycles. The minimum absolute atomic E-state index is 0.195. The fourth-order valence-corrected chi connectivity index (χ4v) is 2.46. The normalized spacial score (nSPS) is 11.2. The maximum Gasteiger partial charge on any atom is 0.224 e. The predicted molar refractivity (Wildman–Crippen MR) is 89.4 cm³/mol. The molecule has 0 bridgehead atoms. The van der Waals surface area contributed by atoms with Gasteiger partial charge in [-0.15, -0.1) is 0 Å². The Morgan fingerprint density at radius 1 is 1.05 bits per heavy atom. The van der Waals surface area contributed by atoms with E-state index < -0.39 is 0 Å². The second-order valence-corrected chi connectivity index (χ2v) is 6.78. The highest BCUT2D eigenvalue weighted by Crippen LogP contribution is 2.33. The molecule has 1 heterocycles. The number of hydrogen-bond acceptors (Lipinski definition) is 3. The van der Waals surface area contributed by atoms with Gasteiger partial charge in [0.25, 0.3) is 0 Å². The molecular formula is C16H18BrClN2O. The lowest BCUT2D eigenvalue weighted by atomic mass is 10.0. The smallest absolute Gasteiger partial charge is 0.224 e. The summed E-state index contributed by atoms with van der Waals surface area (Å²) < 4.78 is 6.97. The highest BCUT2D eigenvalue weighted by molar-refractivity contribution is 9.10. The number of rotatable bonds is 4. The Bertz CT molecular complexity index is 644. The van der Waals surface area contributed by atoms with Crippen LogP contribution in [0.4, 0.5) is 0 Å². The molecule has 2 rings (SSSR count). The van der Waals surface area contributed by atoms with Crippen LogP contribution in [0.25, 0.3) is 0 Å². The summed E-state index contributed by atoms with van der Waals surface area (Å²) in [4.78, 5) is 8.64. The molecule has 0 aliphatic carbocycles. The monoisotopic (exact) mass is 368 g/mol. The van der Waals surface area contributed by atoms with Crippen molar-refractivity contribution in [3.63, 3.8) is 0 Å². The fourth-order valence-electron chi connectivity index (χ4n) is 1.90. The Kier molecular flexibility index (Phi) is 5.22. The van der Waals surface area contributed by atoms with Crippen LogP contribution in [0.1, 0.15) is 50.9 Å². The fraction of sp³-hybridized carbons (Fsp3) is 0.375. The van der Waals surface area contributed by atoms with Crippen LogP contribution in [0.3, 0.4) is 0 Å². The molecule has 0 saturated heterocycles. The average Bonchev–Trinajstić information content (AvgIpc) is 2.40. The largest absolute Gasteiger partial charge is 0.439 e. The summed E-state index contributed by atoms with van der Waals surface area (Å²) in [5.74, 6) is 2.49. The molecule has 0 unspecified atom stereocenters. The van der Waals surface area contributed by atoms with E-state index in [4.69, 9.17) is 16.3 Å². The number of nitrogens with zero attached hydrogens (tertiary/aromatic N) is 2. The lowest BCUT2D eigenvalue weighted by Crippen LogP contribution is -2.01. The Balaban J connectivity index is 2.38. The van der Waals surface area contributed by atoms with E-state index in [-0.39, 0.29) is 5.92 Å². The van der Waals surface area contributed by atoms with Gasteiger partial charge in [0.1, 0.15) is 16.7 Å². The van der Waals surface area contributed by atoms with Crippen molar-refractivity contribution in [3.8, 4) is 11.6 Å². The number of benzene rings is 1. The molecule has 0 atom stereocenters. The van der Waals surface area contributed by atoms with Gasteiger partial charge in [0.2, 0.25) is 5.88 Å². The lowest BCUT2D eigenvalue weighted by molar-refractivity contribution is 0.448. The van der Waals surface area contributed by atoms with Gasteiger partial charge in [-0.05, 0) is 29.7 Å². The zero-order chi connectivity index (χ0) is 15.6. The minimum atomic E-state index is 0.195. The molecule has 0 spiro atoms. The van der Waals surface area contributed by atoms with Gasteiger partial charge in [0.05, 0.1) is 0 Å². The highest BCUT2D eigenvalue weighted by Gasteiger charge is 2.13. The predicted octanol–water partition coefficient (Wildman–Crippen LogP) is 5.93. The van der Waals surface area contributed by atoms with E-state index in [2.05, 4.69) is 45.8 Å². The summed E-state index contributed by atoms with van der Waals surface area (Å²) in [5.41, 5.74) is 1.12. The molecule has 0 fully saturated rings. The number of hydrogen-bond donors (Lipinski definition) is 0. The Morgan fingerprint density at radius 3 is 2.38 bits per heavy atom. The summed E-state index contributed by atoms with van der Waals surface area (Å²) in [5, 5.41) is 0.395. The third-order valence-corrected chi connectivity index (χ3v) is 3.70. The van der Waals surface area contributed by atoms with Crippen LogP contribution in [0.2, 0.25) is 5.15 Å². The number of halogens is 2. The van der Waals surface area contributed by atoms with E-state index in [1.807, 2.05) is 26.0 Å². The van der Waals surface area contributed by atoms with Gasteiger partial charge < -0.3 is 4.74 Å². The van der Waals surface area contributed by atoms with E-state index in [1.54, 1.807) is 6.07 Å². The molecule has 0 N–H and O–H groups in total. The van der Waals surface area contributed by atoms with Crippen molar-refractivity contribution in [2.75, 3.05) is 0 Å². The maximum atomic E-state index is 6.05. The molecule has 21 heavy (non-hydrogen) atoms. The topological polar surface area (TPSA) is 35.0 Å². The van der Waals surface area contributed by atoms with Gasteiger partial charge in [-0.25, -0.2) is 4.98 Å². The molecule has 112 valence electrons. The highest BCUT2D eigenvalue weighted by atomic mass is 79.9. The second kappa shape index (κ2) is 6.75. The first-order valence-electron chi connectivity index (χ1n) is 6.88. The second-order valence-electron chi connectivity index (χ2n) is 5.48. The van der Waals surface area contributed by atoms with Gasteiger partial charge in [-0.1, -0.05) is 55.2 Å². The van der Waals surface area contributed by atoms with Gasteiger partial charge in [0.15, 0.2) is 0 Å². The van der Waals surface area contributed by atoms with Crippen molar-refractivity contribution >= 4 is 27.5 Å². The first-order chi connectivity index (χ1) is 9.86. The zero-order valence-corrected chi connectivity index (χ0v) is 14.9. The molecule has 0 amide bonds. The molecule has 0 radical (unpaired) electrons. The zero-order valence-electron chi connectivity index (χ0n) is 12.5. The molecule has 0 saturated carbocycles. The van der Waals surface area contributed by atoms with E-state index in [9.17, 15) is 0 Å². The summed E-state index contributed by atoms with van der Waals surface area (Å²) in [6, 6.07) is 7.59. The van der Waals surface area contributed by atoms with Crippen molar-refractivity contribution in [3.05, 3.63) is 45.3 Å². The quantitative estimate of drug-likeness (QED) is 0.626. The number of aromatic nitrogens is 2. The molecular weight excluding hydrogens is 352 g/mol. The third-order valence-electron chi connectivity index (χ3n) is 3.01. The SMILES string of the molecule is CC(C)c1nc(Cl)cc(Oc2ccc(Br)cc2C(C)C)n1. The Morgan fingerprint density at radius 2 is 1.76 bits per heavy atom. The van der Waals surface area contributed by atoms with E-state index >= 15 is 0 Å². The average molecular weight is 370 g/mol. The number of ether oxygens (including phenoxy) is 1. The molecule has 2 aromatic rings. The standard InChI is InChI=1S/C16H18BrClN2O/c1-9(2)12-7-11(17)5-6-13(12)21-15-8-14(18)19-16(20-15)10(3)4/h5-10H,1-4H3. The van der Waals surface area contributed by atoms with E-state index in [0.29, 0.717) is 22.8 Å². The summed E-state index contributed by atoms with van der Waals surface area (Å²) in [7, 11) is 0. The van der Waals surface area contributed by atoms with E-state index in [1.165, 1.54) is 0 Å². The Labute approximate surface area is 138 Å². The first kappa shape index (κ1) is 16.2. The third kappa shape index (κ3) is 4.17. The van der Waals surface area contributed by atoms with Crippen molar-refractivity contribution in [2.45, 2.75) is 39.5 Å². The van der Waals surface area contributed by atoms with Crippen molar-refractivity contribution in [2.24, 2.45) is 0 Å². The van der Waals surface area contributed by atoms with Crippen LogP contribution in [-0.4, -0.2) is 9.97 Å². The summed E-state index contributed by atoms with van der Waals surface area (Å²) in [6.45, 7) is 8.30. The summed E-state index contributed by atoms with van der Waals surface area (Å²) >= 11 is 9.54. The van der Waals surface area contributed by atoms with Gasteiger partial charge in [0, 0.05) is 16.5 Å². The van der Waals surface area contributed by atoms with Crippen molar-refractivity contribution in [1.29, 1.82) is 0 Å². The van der Waals surface area contributed by atoms with Crippen LogP contribution in [0.15, 0.2) is 28.7 Å². The Hall–Kier alpha value is -1.13. The van der Waals surface area contributed by atoms with Gasteiger partial charge in [-0.3, -0.25) is 0 Å². The van der Waals surface area contributed by atoms with Crippen LogP contribution < -0.4 is 4.74 Å². The lowest BCUT2D eigenvalue weighted by Gasteiger charge is -2.14. The van der Waals surface area contributed by atoms with Crippen LogP contribution >= 0.6 is 27.5 Å². The minimum Gasteiger partial charge on any atom is -0.439 e. The maximum absolute atomic E-state index is 6.05. The first-order valence-corrected chi connectivity index (χ1v) is 8.05. The summed E-state index contributed by atoms with van der Waals surface area (Å²) in [6.07, 6.45) is 0.